The summed E-state index contributed by atoms with van der Waals surface area (Å²) in [5, 5.41) is 2.91. The molecule has 1 amide bonds. The Hall–Kier alpha value is -2.16. The van der Waals surface area contributed by atoms with Crippen LogP contribution in [0.5, 0.6) is 0 Å². The standard InChI is InChI=1S/C14H14N2O/c1-11(12-7-3-2-4-8-12)16-14(17)13-9-5-6-10-15-13/h2-11H,1H3,(H,16,17)/t11-/m0/s1. The second-order valence-electron chi connectivity index (χ2n) is 3.82. The maximum absolute atomic E-state index is 11.9. The molecule has 86 valence electrons. The smallest absolute Gasteiger partial charge is 0.270 e. The summed E-state index contributed by atoms with van der Waals surface area (Å²) in [6.07, 6.45) is 1.61. The van der Waals surface area contributed by atoms with Gasteiger partial charge in [-0.15, -0.1) is 0 Å². The first-order chi connectivity index (χ1) is 8.27. The first-order valence-electron chi connectivity index (χ1n) is 5.54. The average molecular weight is 226 g/mol. The Kier molecular flexibility index (Phi) is 3.50. The van der Waals surface area contributed by atoms with Crippen LogP contribution in [0.1, 0.15) is 29.0 Å². The lowest BCUT2D eigenvalue weighted by molar-refractivity contribution is 0.0935. The van der Waals surface area contributed by atoms with Gasteiger partial charge in [-0.3, -0.25) is 9.78 Å². The van der Waals surface area contributed by atoms with E-state index in [0.717, 1.165) is 5.56 Å². The van der Waals surface area contributed by atoms with Gasteiger partial charge in [-0.1, -0.05) is 36.4 Å². The number of pyridine rings is 1. The molecule has 0 aliphatic rings. The van der Waals surface area contributed by atoms with Crippen molar-refractivity contribution in [2.75, 3.05) is 0 Å². The number of hydrogen-bond acceptors (Lipinski definition) is 2. The van der Waals surface area contributed by atoms with Gasteiger partial charge in [0.15, 0.2) is 0 Å². The molecule has 1 heterocycles. The second-order valence-corrected chi connectivity index (χ2v) is 3.82. The molecule has 0 aliphatic heterocycles. The van der Waals surface area contributed by atoms with Crippen LogP contribution in [-0.2, 0) is 0 Å². The minimum absolute atomic E-state index is 0.0225. The van der Waals surface area contributed by atoms with Crippen molar-refractivity contribution >= 4 is 5.91 Å². The van der Waals surface area contributed by atoms with Crippen molar-refractivity contribution < 1.29 is 4.79 Å². The Bertz CT molecular complexity index is 482. The number of carbonyl (C=O) groups is 1. The van der Waals surface area contributed by atoms with Crippen molar-refractivity contribution in [1.82, 2.24) is 10.3 Å². The zero-order chi connectivity index (χ0) is 12.1. The van der Waals surface area contributed by atoms with E-state index in [-0.39, 0.29) is 11.9 Å². The van der Waals surface area contributed by atoms with E-state index in [1.165, 1.54) is 0 Å². The quantitative estimate of drug-likeness (QED) is 0.874. The van der Waals surface area contributed by atoms with Gasteiger partial charge in [0.1, 0.15) is 5.69 Å². The molecule has 2 aromatic rings. The van der Waals surface area contributed by atoms with Gasteiger partial charge in [0.2, 0.25) is 0 Å². The molecular formula is C14H14N2O. The fraction of sp³-hybridized carbons (Fsp3) is 0.143. The summed E-state index contributed by atoms with van der Waals surface area (Å²) in [7, 11) is 0. The van der Waals surface area contributed by atoms with Crippen LogP contribution in [0.2, 0.25) is 0 Å². The highest BCUT2D eigenvalue weighted by Crippen LogP contribution is 2.11. The molecule has 0 saturated heterocycles. The van der Waals surface area contributed by atoms with Crippen molar-refractivity contribution in [3.8, 4) is 0 Å². The highest BCUT2D eigenvalue weighted by atomic mass is 16.1. The molecule has 3 nitrogen and oxygen atoms in total. The lowest BCUT2D eigenvalue weighted by Gasteiger charge is -2.13. The molecule has 3 heteroatoms. The van der Waals surface area contributed by atoms with Crippen LogP contribution in [0, 0.1) is 0 Å². The maximum atomic E-state index is 11.9. The number of carbonyl (C=O) groups excluding carboxylic acids is 1. The van der Waals surface area contributed by atoms with E-state index in [1.54, 1.807) is 24.4 Å². The van der Waals surface area contributed by atoms with E-state index in [1.807, 2.05) is 37.3 Å². The van der Waals surface area contributed by atoms with Gasteiger partial charge in [-0.25, -0.2) is 0 Å². The van der Waals surface area contributed by atoms with Crippen LogP contribution in [0.3, 0.4) is 0 Å². The highest BCUT2D eigenvalue weighted by molar-refractivity contribution is 5.92. The van der Waals surface area contributed by atoms with E-state index in [0.29, 0.717) is 5.69 Å². The number of rotatable bonds is 3. The molecule has 1 atom stereocenters. The fourth-order valence-corrected chi connectivity index (χ4v) is 1.59. The number of nitrogens with one attached hydrogen (secondary N) is 1. The molecule has 1 aromatic heterocycles. The van der Waals surface area contributed by atoms with Crippen LogP contribution < -0.4 is 5.32 Å². The van der Waals surface area contributed by atoms with Crippen LogP contribution in [0.15, 0.2) is 54.7 Å². The Morgan fingerprint density at radius 1 is 1.12 bits per heavy atom. The first-order valence-corrected chi connectivity index (χ1v) is 5.54. The molecule has 0 saturated carbocycles. The van der Waals surface area contributed by atoms with E-state index >= 15 is 0 Å². The van der Waals surface area contributed by atoms with Crippen molar-refractivity contribution in [2.45, 2.75) is 13.0 Å². The second kappa shape index (κ2) is 5.25. The predicted molar refractivity (Wildman–Crippen MR) is 66.6 cm³/mol. The third-order valence-corrected chi connectivity index (χ3v) is 2.54. The fourth-order valence-electron chi connectivity index (χ4n) is 1.59. The van der Waals surface area contributed by atoms with E-state index in [9.17, 15) is 4.79 Å². The zero-order valence-electron chi connectivity index (χ0n) is 9.63. The lowest BCUT2D eigenvalue weighted by atomic mass is 10.1. The van der Waals surface area contributed by atoms with Crippen molar-refractivity contribution in [2.24, 2.45) is 0 Å². The topological polar surface area (TPSA) is 42.0 Å². The number of benzene rings is 1. The number of hydrogen-bond donors (Lipinski definition) is 1. The molecular weight excluding hydrogens is 212 g/mol. The summed E-state index contributed by atoms with van der Waals surface area (Å²) in [4.78, 5) is 15.9. The van der Waals surface area contributed by atoms with Crippen molar-refractivity contribution in [1.29, 1.82) is 0 Å². The average Bonchev–Trinajstić information content (AvgIpc) is 2.40. The van der Waals surface area contributed by atoms with E-state index < -0.39 is 0 Å². The monoisotopic (exact) mass is 226 g/mol. The van der Waals surface area contributed by atoms with Gasteiger partial charge in [-0.2, -0.15) is 0 Å². The highest BCUT2D eigenvalue weighted by Gasteiger charge is 2.11. The molecule has 0 spiro atoms. The predicted octanol–water partition coefficient (Wildman–Crippen LogP) is 2.57. The molecule has 2 rings (SSSR count). The van der Waals surface area contributed by atoms with Crippen molar-refractivity contribution in [3.05, 3.63) is 66.0 Å². The molecule has 0 unspecified atom stereocenters. The SMILES string of the molecule is C[C@H](NC(=O)c1ccccn1)c1ccccc1. The van der Waals surface area contributed by atoms with Crippen LogP contribution >= 0.6 is 0 Å². The maximum Gasteiger partial charge on any atom is 0.270 e. The van der Waals surface area contributed by atoms with Gasteiger partial charge in [0.05, 0.1) is 6.04 Å². The largest absolute Gasteiger partial charge is 0.344 e. The third-order valence-electron chi connectivity index (χ3n) is 2.54. The Morgan fingerprint density at radius 2 is 1.82 bits per heavy atom. The van der Waals surface area contributed by atoms with Gasteiger partial charge >= 0.3 is 0 Å². The number of amides is 1. The minimum Gasteiger partial charge on any atom is -0.344 e. The summed E-state index contributed by atoms with van der Waals surface area (Å²) < 4.78 is 0. The Morgan fingerprint density at radius 3 is 2.47 bits per heavy atom. The molecule has 17 heavy (non-hydrogen) atoms. The number of nitrogens with zero attached hydrogens (tertiary/aromatic N) is 1. The summed E-state index contributed by atoms with van der Waals surface area (Å²) in [5.41, 5.74) is 1.52. The van der Waals surface area contributed by atoms with Gasteiger partial charge in [-0.05, 0) is 24.6 Å². The first kappa shape index (κ1) is 11.3. The molecule has 0 radical (unpaired) electrons. The van der Waals surface area contributed by atoms with Crippen LogP contribution in [-0.4, -0.2) is 10.9 Å². The summed E-state index contributed by atoms with van der Waals surface area (Å²) in [6, 6.07) is 15.1. The van der Waals surface area contributed by atoms with Gasteiger partial charge in [0, 0.05) is 6.20 Å². The van der Waals surface area contributed by atoms with Gasteiger partial charge in [0.25, 0.3) is 5.91 Å². The summed E-state index contributed by atoms with van der Waals surface area (Å²) in [6.45, 7) is 1.95. The zero-order valence-corrected chi connectivity index (χ0v) is 9.63. The Balaban J connectivity index is 2.05. The summed E-state index contributed by atoms with van der Waals surface area (Å²) in [5.74, 6) is -0.151. The van der Waals surface area contributed by atoms with E-state index in [4.69, 9.17) is 0 Å². The Labute approximate surface area is 101 Å². The molecule has 1 aromatic carbocycles. The van der Waals surface area contributed by atoms with Crippen LogP contribution in [0.4, 0.5) is 0 Å². The van der Waals surface area contributed by atoms with Crippen LogP contribution in [0.25, 0.3) is 0 Å². The molecule has 0 fully saturated rings. The molecule has 1 N–H and O–H groups in total. The molecule has 0 bridgehead atoms. The van der Waals surface area contributed by atoms with E-state index in [2.05, 4.69) is 10.3 Å². The number of aromatic nitrogens is 1. The normalized spacial score (nSPS) is 11.8. The minimum atomic E-state index is -0.151. The van der Waals surface area contributed by atoms with Gasteiger partial charge < -0.3 is 5.32 Å². The molecule has 0 aliphatic carbocycles. The summed E-state index contributed by atoms with van der Waals surface area (Å²) >= 11 is 0. The van der Waals surface area contributed by atoms with Crippen molar-refractivity contribution in [3.63, 3.8) is 0 Å². The lowest BCUT2D eigenvalue weighted by Crippen LogP contribution is -2.27. The third kappa shape index (κ3) is 2.91.